The van der Waals surface area contributed by atoms with Gasteiger partial charge in [0.1, 0.15) is 6.61 Å². The molecule has 4 aliphatic carbocycles. The molecule has 0 saturated heterocycles. The largest absolute Gasteiger partial charge is 0.493 e. The summed E-state index contributed by atoms with van der Waals surface area (Å²) >= 11 is 0. The van der Waals surface area contributed by atoms with Gasteiger partial charge in [-0.3, -0.25) is 0 Å². The molecule has 1 N–H and O–H groups in total. The minimum absolute atomic E-state index is 0.393. The lowest BCUT2D eigenvalue weighted by molar-refractivity contribution is -0.0206. The van der Waals surface area contributed by atoms with Crippen LogP contribution in [-0.4, -0.2) is 12.6 Å². The Morgan fingerprint density at radius 2 is 1.54 bits per heavy atom. The molecule has 4 fully saturated rings. The first-order valence-electron chi connectivity index (χ1n) is 10.8. The van der Waals surface area contributed by atoms with Crippen LogP contribution in [0, 0.1) is 17.8 Å². The molecule has 3 heteroatoms. The summed E-state index contributed by atoms with van der Waals surface area (Å²) in [6.45, 7) is 1.48. The van der Waals surface area contributed by atoms with Crippen LogP contribution in [0.2, 0.25) is 0 Å². The minimum atomic E-state index is 0.393. The molecule has 0 spiro atoms. The van der Waals surface area contributed by atoms with Crippen molar-refractivity contribution >= 4 is 0 Å². The summed E-state index contributed by atoms with van der Waals surface area (Å²) in [5.41, 5.74) is 2.83. The third kappa shape index (κ3) is 3.65. The molecule has 28 heavy (non-hydrogen) atoms. The van der Waals surface area contributed by atoms with E-state index in [1.807, 2.05) is 18.2 Å². The van der Waals surface area contributed by atoms with Crippen molar-refractivity contribution in [2.45, 2.75) is 57.2 Å². The number of nitrogens with one attached hydrogen (secondary N) is 1. The molecule has 148 valence electrons. The minimum Gasteiger partial charge on any atom is -0.493 e. The van der Waals surface area contributed by atoms with Gasteiger partial charge in [0.05, 0.1) is 7.11 Å². The first-order chi connectivity index (χ1) is 13.7. The van der Waals surface area contributed by atoms with Crippen LogP contribution >= 0.6 is 0 Å². The van der Waals surface area contributed by atoms with Crippen molar-refractivity contribution in [3.05, 3.63) is 59.7 Å². The fourth-order valence-electron chi connectivity index (χ4n) is 6.29. The Balaban J connectivity index is 1.24. The molecule has 0 atom stereocenters. The zero-order valence-electron chi connectivity index (χ0n) is 16.8. The van der Waals surface area contributed by atoms with Crippen LogP contribution in [0.4, 0.5) is 0 Å². The van der Waals surface area contributed by atoms with Crippen LogP contribution < -0.4 is 14.8 Å². The van der Waals surface area contributed by atoms with Crippen molar-refractivity contribution in [2.24, 2.45) is 17.8 Å². The average Bonchev–Trinajstić information content (AvgIpc) is 2.71. The predicted molar refractivity (Wildman–Crippen MR) is 112 cm³/mol. The summed E-state index contributed by atoms with van der Waals surface area (Å²) in [7, 11) is 1.72. The molecule has 0 heterocycles. The molecule has 0 amide bonds. The maximum Gasteiger partial charge on any atom is 0.161 e. The maximum atomic E-state index is 6.00. The monoisotopic (exact) mass is 377 g/mol. The number of hydrogen-bond donors (Lipinski definition) is 1. The molecule has 0 unspecified atom stereocenters. The third-order valence-corrected chi connectivity index (χ3v) is 7.17. The molecule has 4 bridgehead atoms. The van der Waals surface area contributed by atoms with E-state index in [2.05, 4.69) is 35.6 Å². The van der Waals surface area contributed by atoms with E-state index in [-0.39, 0.29) is 0 Å². The van der Waals surface area contributed by atoms with Crippen LogP contribution in [0.5, 0.6) is 11.5 Å². The van der Waals surface area contributed by atoms with Crippen molar-refractivity contribution < 1.29 is 9.47 Å². The van der Waals surface area contributed by atoms with E-state index in [1.165, 1.54) is 44.1 Å². The molecular formula is C25H31NO2. The standard InChI is InChI=1S/C25H31NO2/c1-27-24-12-19(7-8-23(24)28-17-18-5-3-2-4-6-18)16-26-25-13-20-9-21(14-25)11-22(10-20)15-25/h2-8,12,20-22,26H,9-11,13-17H2,1H3. The second-order valence-corrected chi connectivity index (χ2v) is 9.31. The fourth-order valence-corrected chi connectivity index (χ4v) is 6.29. The van der Waals surface area contributed by atoms with Crippen molar-refractivity contribution in [3.63, 3.8) is 0 Å². The van der Waals surface area contributed by atoms with Crippen molar-refractivity contribution in [1.29, 1.82) is 0 Å². The van der Waals surface area contributed by atoms with Crippen LogP contribution in [0.25, 0.3) is 0 Å². The summed E-state index contributed by atoms with van der Waals surface area (Å²) < 4.78 is 11.6. The van der Waals surface area contributed by atoms with E-state index in [0.29, 0.717) is 12.1 Å². The van der Waals surface area contributed by atoms with Gasteiger partial charge >= 0.3 is 0 Å². The van der Waals surface area contributed by atoms with E-state index in [4.69, 9.17) is 9.47 Å². The summed E-state index contributed by atoms with van der Waals surface area (Å²) in [6.07, 6.45) is 8.61. The van der Waals surface area contributed by atoms with Crippen LogP contribution in [0.3, 0.4) is 0 Å². The number of ether oxygens (including phenoxy) is 2. The molecule has 0 radical (unpaired) electrons. The Hall–Kier alpha value is -2.00. The van der Waals surface area contributed by atoms with Gasteiger partial charge in [0.25, 0.3) is 0 Å². The van der Waals surface area contributed by atoms with E-state index in [0.717, 1.165) is 41.4 Å². The van der Waals surface area contributed by atoms with E-state index in [1.54, 1.807) is 7.11 Å². The Bertz CT molecular complexity index is 781. The van der Waals surface area contributed by atoms with Crippen LogP contribution in [0.1, 0.15) is 49.7 Å². The van der Waals surface area contributed by atoms with Gasteiger partial charge in [-0.05, 0) is 79.5 Å². The maximum absolute atomic E-state index is 6.00. The third-order valence-electron chi connectivity index (χ3n) is 7.17. The van der Waals surface area contributed by atoms with Crippen molar-refractivity contribution in [2.75, 3.05) is 7.11 Å². The molecule has 3 nitrogen and oxygen atoms in total. The van der Waals surface area contributed by atoms with Gasteiger partial charge in [-0.15, -0.1) is 0 Å². The molecule has 0 aromatic heterocycles. The van der Waals surface area contributed by atoms with E-state index >= 15 is 0 Å². The normalized spacial score (nSPS) is 30.4. The summed E-state index contributed by atoms with van der Waals surface area (Å²) in [4.78, 5) is 0. The van der Waals surface area contributed by atoms with Gasteiger partial charge in [-0.2, -0.15) is 0 Å². The average molecular weight is 378 g/mol. The zero-order chi connectivity index (χ0) is 19.0. The lowest BCUT2D eigenvalue weighted by Crippen LogP contribution is -2.58. The molecule has 4 saturated carbocycles. The highest BCUT2D eigenvalue weighted by Gasteiger charge is 2.50. The van der Waals surface area contributed by atoms with Gasteiger partial charge in [0.15, 0.2) is 11.5 Å². The van der Waals surface area contributed by atoms with Gasteiger partial charge in [0, 0.05) is 12.1 Å². The molecular weight excluding hydrogens is 346 g/mol. The molecule has 0 aliphatic heterocycles. The van der Waals surface area contributed by atoms with E-state index < -0.39 is 0 Å². The number of hydrogen-bond acceptors (Lipinski definition) is 3. The highest BCUT2D eigenvalue weighted by atomic mass is 16.5. The molecule has 4 aliphatic rings. The lowest BCUT2D eigenvalue weighted by Gasteiger charge is -2.57. The first kappa shape index (κ1) is 18.1. The summed E-state index contributed by atoms with van der Waals surface area (Å²) in [5.74, 6) is 4.55. The zero-order valence-corrected chi connectivity index (χ0v) is 16.8. The van der Waals surface area contributed by atoms with E-state index in [9.17, 15) is 0 Å². The quantitative estimate of drug-likeness (QED) is 0.707. The molecule has 2 aromatic carbocycles. The summed E-state index contributed by atoms with van der Waals surface area (Å²) in [6, 6.07) is 16.6. The Morgan fingerprint density at radius 1 is 0.857 bits per heavy atom. The van der Waals surface area contributed by atoms with Crippen molar-refractivity contribution in [1.82, 2.24) is 5.32 Å². The van der Waals surface area contributed by atoms with Crippen LogP contribution in [-0.2, 0) is 13.2 Å². The Kier molecular flexibility index (Phi) is 4.80. The second-order valence-electron chi connectivity index (χ2n) is 9.31. The Morgan fingerprint density at radius 3 is 2.18 bits per heavy atom. The highest BCUT2D eigenvalue weighted by Crippen LogP contribution is 2.55. The second kappa shape index (κ2) is 7.44. The van der Waals surface area contributed by atoms with Gasteiger partial charge in [0.2, 0.25) is 0 Å². The van der Waals surface area contributed by atoms with Gasteiger partial charge in [-0.25, -0.2) is 0 Å². The Labute approximate surface area is 168 Å². The SMILES string of the molecule is COc1cc(CNC23CC4CC(CC(C4)C2)C3)ccc1OCc1ccccc1. The summed E-state index contributed by atoms with van der Waals surface area (Å²) in [5, 5.41) is 3.98. The predicted octanol–water partition coefficient (Wildman–Crippen LogP) is 5.33. The number of rotatable bonds is 7. The first-order valence-corrected chi connectivity index (χ1v) is 10.8. The van der Waals surface area contributed by atoms with Crippen LogP contribution in [0.15, 0.2) is 48.5 Å². The molecule has 6 rings (SSSR count). The number of methoxy groups -OCH3 is 1. The topological polar surface area (TPSA) is 30.5 Å². The smallest absolute Gasteiger partial charge is 0.161 e. The highest BCUT2D eigenvalue weighted by molar-refractivity contribution is 5.43. The van der Waals surface area contributed by atoms with Crippen molar-refractivity contribution in [3.8, 4) is 11.5 Å². The molecule has 2 aromatic rings. The lowest BCUT2D eigenvalue weighted by atomic mass is 9.53. The fraction of sp³-hybridized carbons (Fsp3) is 0.520. The van der Waals surface area contributed by atoms with Gasteiger partial charge in [-0.1, -0.05) is 36.4 Å². The number of benzene rings is 2. The van der Waals surface area contributed by atoms with Gasteiger partial charge < -0.3 is 14.8 Å².